The summed E-state index contributed by atoms with van der Waals surface area (Å²) in [5.74, 6) is 0.431. The summed E-state index contributed by atoms with van der Waals surface area (Å²) in [5.41, 5.74) is 0.451. The maximum Gasteiger partial charge on any atom is 0.233 e. The van der Waals surface area contributed by atoms with Gasteiger partial charge in [0.2, 0.25) is 12.2 Å². The molecule has 1 aromatic rings. The zero-order chi connectivity index (χ0) is 7.40. The smallest absolute Gasteiger partial charge is 0.233 e. The van der Waals surface area contributed by atoms with Crippen molar-refractivity contribution in [2.45, 2.75) is 0 Å². The second-order valence-electron chi connectivity index (χ2n) is 1.69. The molecule has 3 heteroatoms. The predicted octanol–water partition coefficient (Wildman–Crippen LogP) is 0.548. The Bertz CT molecular complexity index is 235. The van der Waals surface area contributed by atoms with Crippen LogP contribution in [-0.4, -0.2) is 18.4 Å². The van der Waals surface area contributed by atoms with E-state index < -0.39 is 0 Å². The number of methoxy groups -OCH3 is 1. The maximum atomic E-state index is 10.1. The van der Waals surface area contributed by atoms with Gasteiger partial charge in [-0.05, 0) is 6.07 Å². The van der Waals surface area contributed by atoms with Gasteiger partial charge in [0.15, 0.2) is 0 Å². The number of rotatable bonds is 2. The van der Waals surface area contributed by atoms with E-state index in [1.165, 1.54) is 19.4 Å². The molecule has 51 valence electrons. The van der Waals surface area contributed by atoms with Crippen molar-refractivity contribution in [3.8, 4) is 5.88 Å². The lowest BCUT2D eigenvalue weighted by Crippen LogP contribution is -1.88. The molecule has 1 aromatic heterocycles. The zero-order valence-corrected chi connectivity index (χ0v) is 5.50. The van der Waals surface area contributed by atoms with Gasteiger partial charge in [-0.2, -0.15) is 0 Å². The van der Waals surface area contributed by atoms with Crippen LogP contribution in [0.15, 0.2) is 18.3 Å². The van der Waals surface area contributed by atoms with E-state index in [-0.39, 0.29) is 0 Å². The SMILES string of the molecule is COc1cc([C]=O)ccn1. The van der Waals surface area contributed by atoms with E-state index in [0.29, 0.717) is 11.4 Å². The molecule has 10 heavy (non-hydrogen) atoms. The van der Waals surface area contributed by atoms with Gasteiger partial charge >= 0.3 is 0 Å². The van der Waals surface area contributed by atoms with Crippen LogP contribution >= 0.6 is 0 Å². The van der Waals surface area contributed by atoms with Crippen LogP contribution in [0.1, 0.15) is 5.56 Å². The lowest BCUT2D eigenvalue weighted by atomic mass is 10.3. The molecule has 0 amide bonds. The van der Waals surface area contributed by atoms with Gasteiger partial charge in [-0.25, -0.2) is 4.98 Å². The summed E-state index contributed by atoms with van der Waals surface area (Å²) >= 11 is 0. The predicted molar refractivity (Wildman–Crippen MR) is 35.6 cm³/mol. The molecule has 3 nitrogen and oxygen atoms in total. The van der Waals surface area contributed by atoms with Gasteiger partial charge in [0, 0.05) is 17.8 Å². The summed E-state index contributed by atoms with van der Waals surface area (Å²) in [4.78, 5) is 13.9. The molecule has 1 heterocycles. The van der Waals surface area contributed by atoms with Crippen LogP contribution in [0.25, 0.3) is 0 Å². The molecule has 0 saturated heterocycles. The first-order chi connectivity index (χ1) is 4.86. The number of pyridine rings is 1. The molecular formula is C7H6NO2. The molecule has 0 fully saturated rings. The highest BCUT2D eigenvalue weighted by Gasteiger charge is 1.93. The molecule has 0 aromatic carbocycles. The standard InChI is InChI=1S/C7H6NO2/c1-10-7-4-6(5-9)2-3-8-7/h2-4H,1H3. The van der Waals surface area contributed by atoms with Crippen molar-refractivity contribution in [2.75, 3.05) is 7.11 Å². The van der Waals surface area contributed by atoms with Gasteiger partial charge in [-0.3, -0.25) is 4.79 Å². The van der Waals surface area contributed by atoms with Crippen LogP contribution < -0.4 is 4.74 Å². The van der Waals surface area contributed by atoms with Crippen molar-refractivity contribution in [1.82, 2.24) is 4.98 Å². The van der Waals surface area contributed by atoms with Crippen LogP contribution in [0, 0.1) is 0 Å². The Hall–Kier alpha value is -1.38. The van der Waals surface area contributed by atoms with E-state index in [9.17, 15) is 4.79 Å². The van der Waals surface area contributed by atoms with Gasteiger partial charge < -0.3 is 4.74 Å². The minimum absolute atomic E-state index is 0.431. The van der Waals surface area contributed by atoms with Crippen molar-refractivity contribution in [3.63, 3.8) is 0 Å². The minimum Gasteiger partial charge on any atom is -0.481 e. The molecule has 0 aliphatic rings. The molecule has 0 spiro atoms. The molecule has 0 bridgehead atoms. The topological polar surface area (TPSA) is 39.2 Å². The van der Waals surface area contributed by atoms with Crippen molar-refractivity contribution >= 4 is 6.29 Å². The fourth-order valence-electron chi connectivity index (χ4n) is 0.585. The van der Waals surface area contributed by atoms with E-state index in [1.54, 1.807) is 12.4 Å². The first kappa shape index (κ1) is 6.74. The fourth-order valence-corrected chi connectivity index (χ4v) is 0.585. The molecule has 0 atom stereocenters. The van der Waals surface area contributed by atoms with Gasteiger partial charge in [-0.1, -0.05) is 0 Å². The van der Waals surface area contributed by atoms with E-state index in [4.69, 9.17) is 4.74 Å². The molecule has 0 aliphatic carbocycles. The van der Waals surface area contributed by atoms with Gasteiger partial charge in [0.25, 0.3) is 0 Å². The number of hydrogen-bond acceptors (Lipinski definition) is 3. The monoisotopic (exact) mass is 136 g/mol. The van der Waals surface area contributed by atoms with Crippen LogP contribution in [0.4, 0.5) is 0 Å². The zero-order valence-electron chi connectivity index (χ0n) is 5.50. The fraction of sp³-hybridized carbons (Fsp3) is 0.143. The van der Waals surface area contributed by atoms with Crippen molar-refractivity contribution < 1.29 is 9.53 Å². The number of nitrogens with zero attached hydrogens (tertiary/aromatic N) is 1. The third kappa shape index (κ3) is 1.31. The van der Waals surface area contributed by atoms with Crippen molar-refractivity contribution in [3.05, 3.63) is 23.9 Å². The van der Waals surface area contributed by atoms with Gasteiger partial charge in [0.1, 0.15) is 0 Å². The number of ether oxygens (including phenoxy) is 1. The summed E-state index contributed by atoms with van der Waals surface area (Å²) in [6.07, 6.45) is 3.23. The number of hydrogen-bond donors (Lipinski definition) is 0. The second-order valence-corrected chi connectivity index (χ2v) is 1.69. The highest BCUT2D eigenvalue weighted by Crippen LogP contribution is 2.05. The Morgan fingerprint density at radius 1 is 1.70 bits per heavy atom. The summed E-state index contributed by atoms with van der Waals surface area (Å²) < 4.78 is 4.77. The number of carbonyl (C=O) groups excluding carboxylic acids is 1. The maximum absolute atomic E-state index is 10.1. The third-order valence-corrected chi connectivity index (χ3v) is 1.06. The Morgan fingerprint density at radius 2 is 2.50 bits per heavy atom. The third-order valence-electron chi connectivity index (χ3n) is 1.06. The molecule has 0 aliphatic heterocycles. The van der Waals surface area contributed by atoms with E-state index in [0.717, 1.165) is 0 Å². The normalized spacial score (nSPS) is 8.90. The van der Waals surface area contributed by atoms with Crippen LogP contribution in [-0.2, 0) is 4.79 Å². The quantitative estimate of drug-likeness (QED) is 0.596. The molecule has 1 rings (SSSR count). The molecule has 0 N–H and O–H groups in total. The van der Waals surface area contributed by atoms with Crippen LogP contribution in [0.2, 0.25) is 0 Å². The van der Waals surface area contributed by atoms with E-state index in [2.05, 4.69) is 4.98 Å². The average molecular weight is 136 g/mol. The summed E-state index contributed by atoms with van der Waals surface area (Å²) in [6.45, 7) is 0. The van der Waals surface area contributed by atoms with Crippen molar-refractivity contribution in [2.24, 2.45) is 0 Å². The van der Waals surface area contributed by atoms with Gasteiger partial charge in [0.05, 0.1) is 7.11 Å². The lowest BCUT2D eigenvalue weighted by molar-refractivity contribution is 0.397. The Balaban J connectivity index is 2.98. The van der Waals surface area contributed by atoms with Crippen LogP contribution in [0.5, 0.6) is 5.88 Å². The molecule has 1 radical (unpaired) electrons. The Kier molecular flexibility index (Phi) is 1.99. The largest absolute Gasteiger partial charge is 0.481 e. The van der Waals surface area contributed by atoms with Crippen LogP contribution in [0.3, 0.4) is 0 Å². The highest BCUT2D eigenvalue weighted by atomic mass is 16.5. The first-order valence-electron chi connectivity index (χ1n) is 2.75. The van der Waals surface area contributed by atoms with Crippen molar-refractivity contribution in [1.29, 1.82) is 0 Å². The number of aromatic nitrogens is 1. The second kappa shape index (κ2) is 2.96. The lowest BCUT2D eigenvalue weighted by Gasteiger charge is -1.95. The van der Waals surface area contributed by atoms with Gasteiger partial charge in [-0.15, -0.1) is 0 Å². The summed E-state index contributed by atoms with van der Waals surface area (Å²) in [7, 11) is 1.50. The van der Waals surface area contributed by atoms with E-state index >= 15 is 0 Å². The molecular weight excluding hydrogens is 130 g/mol. The summed E-state index contributed by atoms with van der Waals surface area (Å²) in [5, 5.41) is 0. The molecule has 0 saturated carbocycles. The minimum atomic E-state index is 0.431. The average Bonchev–Trinajstić information content (AvgIpc) is 2.05. The highest BCUT2D eigenvalue weighted by molar-refractivity contribution is 5.75. The Morgan fingerprint density at radius 3 is 3.10 bits per heavy atom. The first-order valence-corrected chi connectivity index (χ1v) is 2.75. The molecule has 0 unspecified atom stereocenters. The summed E-state index contributed by atoms with van der Waals surface area (Å²) in [6, 6.07) is 3.09. The Labute approximate surface area is 58.7 Å². The van der Waals surface area contributed by atoms with E-state index in [1.807, 2.05) is 0 Å².